The monoisotopic (exact) mass is 521 g/mol. The number of amides is 2. The van der Waals surface area contributed by atoms with Crippen molar-refractivity contribution in [3.05, 3.63) is 68.9 Å². The highest BCUT2D eigenvalue weighted by Gasteiger charge is 2.20. The summed E-state index contributed by atoms with van der Waals surface area (Å²) in [5.74, 6) is 0.363. The molecule has 162 valence electrons. The summed E-state index contributed by atoms with van der Waals surface area (Å²) in [6.07, 6.45) is 0. The number of hydrogen-bond acceptors (Lipinski definition) is 5. The van der Waals surface area contributed by atoms with E-state index in [2.05, 4.69) is 36.8 Å². The fourth-order valence-corrected chi connectivity index (χ4v) is 4.17. The van der Waals surface area contributed by atoms with Crippen LogP contribution in [0.4, 0.5) is 5.69 Å². The number of nitrogens with zero attached hydrogens (tertiary/aromatic N) is 3. The van der Waals surface area contributed by atoms with Crippen LogP contribution >= 0.6 is 39.3 Å². The van der Waals surface area contributed by atoms with Crippen LogP contribution in [0.3, 0.4) is 0 Å². The minimum Gasteiger partial charge on any atom is -0.342 e. The highest BCUT2D eigenvalue weighted by atomic mass is 79.9. The molecule has 2 amide bonds. The molecule has 1 heterocycles. The summed E-state index contributed by atoms with van der Waals surface area (Å²) >= 11 is 10.7. The van der Waals surface area contributed by atoms with Crippen LogP contribution in [0.5, 0.6) is 0 Å². The maximum Gasteiger partial charge on any atom is 0.253 e. The number of nitrogens with one attached hydrogen (secondary N) is 2. The highest BCUT2D eigenvalue weighted by molar-refractivity contribution is 9.10. The quantitative estimate of drug-likeness (QED) is 0.437. The topological polar surface area (TPSA) is 88.9 Å². The third kappa shape index (κ3) is 5.87. The van der Waals surface area contributed by atoms with Crippen LogP contribution in [0.15, 0.2) is 52.1 Å². The molecule has 0 radical (unpaired) electrons. The molecular weight excluding hydrogens is 502 g/mol. The molecule has 0 aliphatic rings. The predicted octanol–water partition coefficient (Wildman–Crippen LogP) is 4.76. The van der Waals surface area contributed by atoms with Gasteiger partial charge in [0, 0.05) is 22.2 Å². The zero-order valence-electron chi connectivity index (χ0n) is 17.1. The van der Waals surface area contributed by atoms with Crippen molar-refractivity contribution in [2.75, 3.05) is 11.1 Å². The number of carbonyl (C=O) groups excluding carboxylic acids is 2. The largest absolute Gasteiger partial charge is 0.342 e. The van der Waals surface area contributed by atoms with Crippen LogP contribution in [0, 0.1) is 6.92 Å². The van der Waals surface area contributed by atoms with Crippen LogP contribution in [0.25, 0.3) is 0 Å². The van der Waals surface area contributed by atoms with Gasteiger partial charge in [-0.05, 0) is 59.6 Å². The van der Waals surface area contributed by atoms with Gasteiger partial charge in [0.05, 0.1) is 17.4 Å². The van der Waals surface area contributed by atoms with E-state index in [-0.39, 0.29) is 23.6 Å². The lowest BCUT2D eigenvalue weighted by molar-refractivity contribution is -0.113. The summed E-state index contributed by atoms with van der Waals surface area (Å²) in [7, 11) is 1.80. The number of anilines is 1. The third-order valence-electron chi connectivity index (χ3n) is 4.51. The van der Waals surface area contributed by atoms with Gasteiger partial charge >= 0.3 is 0 Å². The lowest BCUT2D eigenvalue weighted by Gasteiger charge is -2.14. The normalized spacial score (nSPS) is 11.8. The van der Waals surface area contributed by atoms with Gasteiger partial charge in [-0.2, -0.15) is 0 Å². The first-order chi connectivity index (χ1) is 14.8. The Bertz CT molecular complexity index is 1120. The molecule has 10 heteroatoms. The van der Waals surface area contributed by atoms with Crippen LogP contribution in [-0.2, 0) is 11.8 Å². The standard InChI is InChI=1S/C21H21BrClN5O2S/c1-12-8-9-14(10-17(12)23)25-18(29)11-31-21-27-26-19(28(21)3)13(2)24-20(30)15-6-4-5-7-16(15)22/h4-10,13H,11H2,1-3H3,(H,24,30)(H,25,29)/t13-/m1/s1. The molecule has 7 nitrogen and oxygen atoms in total. The number of aromatic nitrogens is 3. The Morgan fingerprint density at radius 2 is 1.97 bits per heavy atom. The average molecular weight is 523 g/mol. The smallest absolute Gasteiger partial charge is 0.253 e. The minimum atomic E-state index is -0.366. The van der Waals surface area contributed by atoms with Crippen molar-refractivity contribution in [3.63, 3.8) is 0 Å². The second-order valence-electron chi connectivity index (χ2n) is 6.88. The molecule has 0 bridgehead atoms. The number of halogens is 2. The van der Waals surface area contributed by atoms with Crippen molar-refractivity contribution < 1.29 is 9.59 Å². The van der Waals surface area contributed by atoms with Crippen molar-refractivity contribution in [2.45, 2.75) is 25.0 Å². The molecule has 0 aliphatic carbocycles. The third-order valence-corrected chi connectivity index (χ3v) is 6.63. The van der Waals surface area contributed by atoms with Gasteiger partial charge in [-0.1, -0.05) is 41.6 Å². The molecule has 2 N–H and O–H groups in total. The molecule has 0 spiro atoms. The first-order valence-electron chi connectivity index (χ1n) is 9.39. The number of rotatable bonds is 7. The van der Waals surface area contributed by atoms with E-state index in [9.17, 15) is 9.59 Å². The minimum absolute atomic E-state index is 0.162. The Labute approximate surface area is 198 Å². The van der Waals surface area contributed by atoms with E-state index in [1.165, 1.54) is 11.8 Å². The average Bonchev–Trinajstić information content (AvgIpc) is 3.10. The molecule has 0 fully saturated rings. The Morgan fingerprint density at radius 3 is 2.68 bits per heavy atom. The lowest BCUT2D eigenvalue weighted by atomic mass is 10.2. The van der Waals surface area contributed by atoms with Crippen LogP contribution in [0.1, 0.15) is 34.7 Å². The first kappa shape index (κ1) is 23.3. The van der Waals surface area contributed by atoms with E-state index < -0.39 is 0 Å². The molecule has 31 heavy (non-hydrogen) atoms. The summed E-state index contributed by atoms with van der Waals surface area (Å²) in [6, 6.07) is 12.2. The summed E-state index contributed by atoms with van der Waals surface area (Å²) in [4.78, 5) is 24.8. The van der Waals surface area contributed by atoms with Gasteiger partial charge < -0.3 is 15.2 Å². The van der Waals surface area contributed by atoms with Crippen molar-refractivity contribution in [2.24, 2.45) is 7.05 Å². The number of thioether (sulfide) groups is 1. The van der Waals surface area contributed by atoms with Gasteiger partial charge in [0.25, 0.3) is 5.91 Å². The Kier molecular flexibility index (Phi) is 7.74. The Morgan fingerprint density at radius 1 is 1.23 bits per heavy atom. The fourth-order valence-electron chi connectivity index (χ4n) is 2.81. The molecule has 1 aromatic heterocycles. The van der Waals surface area contributed by atoms with Gasteiger partial charge in [-0.3, -0.25) is 9.59 Å². The predicted molar refractivity (Wildman–Crippen MR) is 127 cm³/mol. The number of hydrogen-bond donors (Lipinski definition) is 2. The van der Waals surface area contributed by atoms with E-state index in [0.29, 0.717) is 27.3 Å². The molecule has 0 saturated heterocycles. The molecule has 0 saturated carbocycles. The second kappa shape index (κ2) is 10.3. The molecular formula is C21H21BrClN5O2S. The zero-order valence-corrected chi connectivity index (χ0v) is 20.3. The fraction of sp³-hybridized carbons (Fsp3) is 0.238. The number of aryl methyl sites for hydroxylation is 1. The lowest BCUT2D eigenvalue weighted by Crippen LogP contribution is -2.28. The van der Waals surface area contributed by atoms with E-state index in [1.54, 1.807) is 35.9 Å². The number of benzene rings is 2. The molecule has 0 unspecified atom stereocenters. The maximum atomic E-state index is 12.5. The van der Waals surface area contributed by atoms with E-state index in [1.807, 2.05) is 32.0 Å². The van der Waals surface area contributed by atoms with Gasteiger partial charge in [0.1, 0.15) is 0 Å². The molecule has 3 aromatic rings. The Balaban J connectivity index is 1.59. The van der Waals surface area contributed by atoms with Crippen molar-refractivity contribution in [1.82, 2.24) is 20.1 Å². The zero-order chi connectivity index (χ0) is 22.5. The molecule has 2 aromatic carbocycles. The van der Waals surface area contributed by atoms with Gasteiger partial charge in [-0.15, -0.1) is 10.2 Å². The van der Waals surface area contributed by atoms with Gasteiger partial charge in [0.2, 0.25) is 5.91 Å². The van der Waals surface area contributed by atoms with Crippen LogP contribution < -0.4 is 10.6 Å². The molecule has 0 aliphatic heterocycles. The second-order valence-corrected chi connectivity index (χ2v) is 9.08. The van der Waals surface area contributed by atoms with Crippen molar-refractivity contribution in [3.8, 4) is 0 Å². The summed E-state index contributed by atoms with van der Waals surface area (Å²) in [6.45, 7) is 3.73. The van der Waals surface area contributed by atoms with E-state index in [4.69, 9.17) is 11.6 Å². The van der Waals surface area contributed by atoms with Crippen LogP contribution in [0.2, 0.25) is 5.02 Å². The van der Waals surface area contributed by atoms with E-state index in [0.717, 1.165) is 10.0 Å². The maximum absolute atomic E-state index is 12.5. The summed E-state index contributed by atoms with van der Waals surface area (Å²) in [5.41, 5.74) is 2.13. The molecule has 1 atom stereocenters. The van der Waals surface area contributed by atoms with Crippen LogP contribution in [-0.4, -0.2) is 32.3 Å². The van der Waals surface area contributed by atoms with Gasteiger partial charge in [-0.25, -0.2) is 0 Å². The summed E-state index contributed by atoms with van der Waals surface area (Å²) < 4.78 is 2.49. The SMILES string of the molecule is Cc1ccc(NC(=O)CSc2nnc([C@@H](C)NC(=O)c3ccccc3Br)n2C)cc1Cl. The van der Waals surface area contributed by atoms with Gasteiger partial charge in [0.15, 0.2) is 11.0 Å². The number of carbonyl (C=O) groups is 2. The highest BCUT2D eigenvalue weighted by Crippen LogP contribution is 2.23. The first-order valence-corrected chi connectivity index (χ1v) is 11.6. The molecule has 3 rings (SSSR count). The van der Waals surface area contributed by atoms with Crippen molar-refractivity contribution in [1.29, 1.82) is 0 Å². The van der Waals surface area contributed by atoms with Crippen molar-refractivity contribution >= 4 is 56.8 Å². The van der Waals surface area contributed by atoms with E-state index >= 15 is 0 Å². The Hall–Kier alpha value is -2.36. The summed E-state index contributed by atoms with van der Waals surface area (Å²) in [5, 5.41) is 15.3.